The first-order valence-electron chi connectivity index (χ1n) is 4.44. The highest BCUT2D eigenvalue weighted by Gasteiger charge is 2.22. The van der Waals surface area contributed by atoms with E-state index in [4.69, 9.17) is 0 Å². The van der Waals surface area contributed by atoms with Crippen molar-refractivity contribution >= 4 is 0 Å². The molecule has 0 unspecified atom stereocenters. The molecule has 0 aliphatic heterocycles. The van der Waals surface area contributed by atoms with Gasteiger partial charge in [0.2, 0.25) is 0 Å². The van der Waals surface area contributed by atoms with Gasteiger partial charge in [-0.2, -0.15) is 0 Å². The summed E-state index contributed by atoms with van der Waals surface area (Å²) in [7, 11) is 0. The molecular formula is C12H16O. The average Bonchev–Trinajstić information content (AvgIpc) is 2.04. The lowest BCUT2D eigenvalue weighted by Gasteiger charge is -2.23. The van der Waals surface area contributed by atoms with Gasteiger partial charge in [0.25, 0.3) is 0 Å². The van der Waals surface area contributed by atoms with Crippen molar-refractivity contribution in [3.63, 3.8) is 0 Å². The van der Waals surface area contributed by atoms with Gasteiger partial charge in [0.1, 0.15) is 0 Å². The van der Waals surface area contributed by atoms with Crippen LogP contribution in [0.1, 0.15) is 25.8 Å². The predicted octanol–water partition coefficient (Wildman–Crippen LogP) is 2.86. The van der Waals surface area contributed by atoms with Crippen LogP contribution in [0, 0.1) is 0 Å². The van der Waals surface area contributed by atoms with E-state index in [0.717, 1.165) is 11.1 Å². The van der Waals surface area contributed by atoms with Crippen LogP contribution in [-0.4, -0.2) is 5.11 Å². The fraction of sp³-hybridized carbons (Fsp3) is 0.333. The van der Waals surface area contributed by atoms with E-state index in [1.54, 1.807) is 0 Å². The Morgan fingerprint density at radius 3 is 2.38 bits per heavy atom. The molecule has 70 valence electrons. The van der Waals surface area contributed by atoms with Crippen LogP contribution in [0.5, 0.6) is 0 Å². The van der Waals surface area contributed by atoms with Gasteiger partial charge >= 0.3 is 0 Å². The zero-order valence-corrected chi connectivity index (χ0v) is 8.25. The number of hydrogen-bond acceptors (Lipinski definition) is 1. The molecule has 0 saturated carbocycles. The van der Waals surface area contributed by atoms with Crippen LogP contribution < -0.4 is 0 Å². The molecule has 1 aromatic carbocycles. The molecule has 1 rings (SSSR count). The van der Waals surface area contributed by atoms with Crippen molar-refractivity contribution < 1.29 is 5.11 Å². The smallest absolute Gasteiger partial charge is 0.0905 e. The highest BCUT2D eigenvalue weighted by atomic mass is 16.3. The third kappa shape index (κ3) is 2.71. The normalized spacial score (nSPS) is 15.0. The second-order valence-electron chi connectivity index (χ2n) is 3.77. The van der Waals surface area contributed by atoms with E-state index >= 15 is 0 Å². The molecule has 0 saturated heterocycles. The molecule has 0 aliphatic rings. The highest BCUT2D eigenvalue weighted by molar-refractivity contribution is 5.23. The summed E-state index contributed by atoms with van der Waals surface area (Å²) in [5.74, 6) is 0. The van der Waals surface area contributed by atoms with Crippen LogP contribution in [-0.2, 0) is 5.60 Å². The van der Waals surface area contributed by atoms with Crippen LogP contribution in [0.25, 0.3) is 0 Å². The average molecular weight is 176 g/mol. The molecule has 1 aromatic rings. The van der Waals surface area contributed by atoms with Gasteiger partial charge in [0, 0.05) is 6.42 Å². The summed E-state index contributed by atoms with van der Waals surface area (Å²) >= 11 is 0. The maximum Gasteiger partial charge on any atom is 0.0905 e. The van der Waals surface area contributed by atoms with E-state index in [2.05, 4.69) is 6.58 Å². The summed E-state index contributed by atoms with van der Waals surface area (Å²) in [4.78, 5) is 0. The largest absolute Gasteiger partial charge is 0.385 e. The second kappa shape index (κ2) is 3.75. The minimum Gasteiger partial charge on any atom is -0.385 e. The SMILES string of the molecule is C=C(C)C[C@](C)(O)c1ccccc1. The Balaban J connectivity index is 2.87. The molecular weight excluding hydrogens is 160 g/mol. The van der Waals surface area contributed by atoms with Gasteiger partial charge in [0.05, 0.1) is 5.60 Å². The summed E-state index contributed by atoms with van der Waals surface area (Å²) in [6.07, 6.45) is 0.608. The third-order valence-corrected chi connectivity index (χ3v) is 2.04. The first kappa shape index (κ1) is 10.0. The molecule has 0 radical (unpaired) electrons. The first-order valence-corrected chi connectivity index (χ1v) is 4.44. The van der Waals surface area contributed by atoms with Gasteiger partial charge in [-0.3, -0.25) is 0 Å². The van der Waals surface area contributed by atoms with E-state index in [1.807, 2.05) is 44.2 Å². The molecule has 1 N–H and O–H groups in total. The Kier molecular flexibility index (Phi) is 2.89. The Morgan fingerprint density at radius 1 is 1.38 bits per heavy atom. The van der Waals surface area contributed by atoms with Crippen LogP contribution in [0.4, 0.5) is 0 Å². The highest BCUT2D eigenvalue weighted by Crippen LogP contribution is 2.26. The van der Waals surface area contributed by atoms with Gasteiger partial charge in [-0.05, 0) is 19.4 Å². The van der Waals surface area contributed by atoms with Crippen molar-refractivity contribution in [1.82, 2.24) is 0 Å². The van der Waals surface area contributed by atoms with Crippen molar-refractivity contribution in [1.29, 1.82) is 0 Å². The van der Waals surface area contributed by atoms with Gasteiger partial charge < -0.3 is 5.11 Å². The topological polar surface area (TPSA) is 20.2 Å². The lowest BCUT2D eigenvalue weighted by molar-refractivity contribution is 0.0578. The van der Waals surface area contributed by atoms with Crippen LogP contribution in [0.3, 0.4) is 0 Å². The van der Waals surface area contributed by atoms with Crippen molar-refractivity contribution in [2.45, 2.75) is 25.9 Å². The Labute approximate surface area is 79.7 Å². The standard InChI is InChI=1S/C12H16O/c1-10(2)9-12(3,13)11-7-5-4-6-8-11/h4-8,13H,1,9H2,2-3H3/t12-/m0/s1. The number of rotatable bonds is 3. The molecule has 0 fully saturated rings. The predicted molar refractivity (Wildman–Crippen MR) is 55.4 cm³/mol. The van der Waals surface area contributed by atoms with Gasteiger partial charge in [0.15, 0.2) is 0 Å². The van der Waals surface area contributed by atoms with E-state index in [1.165, 1.54) is 0 Å². The monoisotopic (exact) mass is 176 g/mol. The molecule has 0 spiro atoms. The Bertz CT molecular complexity index is 285. The fourth-order valence-electron chi connectivity index (χ4n) is 1.49. The van der Waals surface area contributed by atoms with E-state index < -0.39 is 5.60 Å². The second-order valence-corrected chi connectivity index (χ2v) is 3.77. The van der Waals surface area contributed by atoms with Crippen molar-refractivity contribution in [3.8, 4) is 0 Å². The summed E-state index contributed by atoms with van der Waals surface area (Å²) in [6, 6.07) is 9.68. The lowest BCUT2D eigenvalue weighted by Crippen LogP contribution is -2.20. The zero-order valence-electron chi connectivity index (χ0n) is 8.25. The summed E-state index contributed by atoms with van der Waals surface area (Å²) in [5.41, 5.74) is 1.15. The van der Waals surface area contributed by atoms with Crippen molar-refractivity contribution in [3.05, 3.63) is 48.0 Å². The molecule has 0 aliphatic carbocycles. The van der Waals surface area contributed by atoms with Crippen LogP contribution >= 0.6 is 0 Å². The zero-order chi connectivity index (χ0) is 9.90. The van der Waals surface area contributed by atoms with E-state index in [0.29, 0.717) is 6.42 Å². The lowest BCUT2D eigenvalue weighted by atomic mass is 9.90. The quantitative estimate of drug-likeness (QED) is 0.702. The van der Waals surface area contributed by atoms with Gasteiger partial charge in [-0.15, -0.1) is 6.58 Å². The molecule has 0 aromatic heterocycles. The number of aliphatic hydroxyl groups is 1. The van der Waals surface area contributed by atoms with E-state index in [-0.39, 0.29) is 0 Å². The molecule has 1 atom stereocenters. The Morgan fingerprint density at radius 2 is 1.92 bits per heavy atom. The molecule has 0 bridgehead atoms. The van der Waals surface area contributed by atoms with Crippen molar-refractivity contribution in [2.24, 2.45) is 0 Å². The number of benzene rings is 1. The minimum absolute atomic E-state index is 0.608. The third-order valence-electron chi connectivity index (χ3n) is 2.04. The van der Waals surface area contributed by atoms with E-state index in [9.17, 15) is 5.11 Å². The first-order chi connectivity index (χ1) is 6.02. The molecule has 1 nitrogen and oxygen atoms in total. The van der Waals surface area contributed by atoms with Gasteiger partial charge in [-0.25, -0.2) is 0 Å². The minimum atomic E-state index is -0.785. The number of hydrogen-bond donors (Lipinski definition) is 1. The molecule has 0 heterocycles. The van der Waals surface area contributed by atoms with Crippen LogP contribution in [0.2, 0.25) is 0 Å². The summed E-state index contributed by atoms with van der Waals surface area (Å²) < 4.78 is 0. The Hall–Kier alpha value is -1.08. The molecule has 0 amide bonds. The molecule has 13 heavy (non-hydrogen) atoms. The maximum atomic E-state index is 10.1. The van der Waals surface area contributed by atoms with Gasteiger partial charge in [-0.1, -0.05) is 35.9 Å². The fourth-order valence-corrected chi connectivity index (χ4v) is 1.49. The maximum absolute atomic E-state index is 10.1. The van der Waals surface area contributed by atoms with Crippen molar-refractivity contribution in [2.75, 3.05) is 0 Å². The summed E-state index contributed by atoms with van der Waals surface area (Å²) in [6.45, 7) is 7.55. The van der Waals surface area contributed by atoms with Crippen LogP contribution in [0.15, 0.2) is 42.5 Å². The summed E-state index contributed by atoms with van der Waals surface area (Å²) in [5, 5.41) is 10.1. The molecule has 1 heteroatoms.